The van der Waals surface area contributed by atoms with E-state index in [9.17, 15) is 27.6 Å². The first-order chi connectivity index (χ1) is 21.5. The van der Waals surface area contributed by atoms with E-state index in [2.05, 4.69) is 11.9 Å². The van der Waals surface area contributed by atoms with Gasteiger partial charge in [0.2, 0.25) is 0 Å². The fourth-order valence-electron chi connectivity index (χ4n) is 5.30. The summed E-state index contributed by atoms with van der Waals surface area (Å²) in [6.45, 7) is 3.64. The number of carbonyl (C=O) groups excluding carboxylic acids is 2. The summed E-state index contributed by atoms with van der Waals surface area (Å²) in [4.78, 5) is 37.2. The number of hydrogen-bond acceptors (Lipinski definition) is 3. The molecule has 3 aromatic rings. The molecule has 0 bridgehead atoms. The zero-order chi connectivity index (χ0) is 32.6. The van der Waals surface area contributed by atoms with Crippen molar-refractivity contribution in [2.45, 2.75) is 57.7 Å². The average molecular weight is 641 g/mol. The van der Waals surface area contributed by atoms with Gasteiger partial charge in [0.15, 0.2) is 5.78 Å². The molecule has 2 N–H and O–H groups in total. The van der Waals surface area contributed by atoms with E-state index in [4.69, 9.17) is 16.7 Å². The summed E-state index contributed by atoms with van der Waals surface area (Å²) in [5, 5.41) is 12.7. The molecule has 0 aliphatic heterocycles. The Balaban J connectivity index is 1.51. The molecular weight excluding hydrogens is 605 g/mol. The zero-order valence-corrected chi connectivity index (χ0v) is 25.5. The molecule has 1 aliphatic carbocycles. The van der Waals surface area contributed by atoms with E-state index >= 15 is 0 Å². The SMILES string of the molecule is C=C/C(=C\CC/C=C\Cn1c(C(=O)C(Cc2ccc(C(=O)NCCC(=O)O)cc2)CC2CC2)cc2cc(Cl)ccc21)C(F)(F)F. The molecule has 1 saturated carbocycles. The smallest absolute Gasteiger partial charge is 0.416 e. The predicted molar refractivity (Wildman–Crippen MR) is 170 cm³/mol. The van der Waals surface area contributed by atoms with Crippen LogP contribution in [0.25, 0.3) is 10.9 Å². The Morgan fingerprint density at radius 1 is 1.07 bits per heavy atom. The van der Waals surface area contributed by atoms with E-state index in [1.165, 1.54) is 0 Å². The second kappa shape index (κ2) is 15.3. The van der Waals surface area contributed by atoms with E-state index in [0.29, 0.717) is 41.6 Å². The van der Waals surface area contributed by atoms with Crippen LogP contribution in [-0.2, 0) is 17.8 Å². The van der Waals surface area contributed by atoms with Gasteiger partial charge in [0.1, 0.15) is 0 Å². The summed E-state index contributed by atoms with van der Waals surface area (Å²) >= 11 is 6.26. The number of rotatable bonds is 16. The number of fused-ring (bicyclic) bond motifs is 1. The standard InChI is InChI=1S/C35H36ClF3N2O4/c1-2-28(35(37,38)39)7-5-3-4-6-18-41-30-15-14-29(36)21-26(30)22-31(41)33(44)27(19-23-8-9-23)20-24-10-12-25(13-11-24)34(45)40-17-16-32(42)43/h2,4,6-7,10-15,21-23,27H,1,3,5,8-9,16-20H2,(H,40,45)(H,42,43)/b6-4-,28-7+. The van der Waals surface area contributed by atoms with E-state index in [-0.39, 0.29) is 37.0 Å². The minimum Gasteiger partial charge on any atom is -0.481 e. The summed E-state index contributed by atoms with van der Waals surface area (Å²) in [7, 11) is 0. The number of nitrogens with one attached hydrogen (secondary N) is 1. The number of allylic oxidation sites excluding steroid dienone is 5. The first-order valence-electron chi connectivity index (χ1n) is 14.9. The Kier molecular flexibility index (Phi) is 11.4. The van der Waals surface area contributed by atoms with Gasteiger partial charge in [0, 0.05) is 40.5 Å². The molecule has 238 valence electrons. The van der Waals surface area contributed by atoms with E-state index < -0.39 is 17.7 Å². The molecule has 1 unspecified atom stereocenters. The van der Waals surface area contributed by atoms with Crippen LogP contribution in [0.1, 0.15) is 64.9 Å². The zero-order valence-electron chi connectivity index (χ0n) is 24.8. The molecular formula is C35H36ClF3N2O4. The normalized spacial score (nSPS) is 14.5. The molecule has 4 rings (SSSR count). The number of carboxylic acids is 1. The topological polar surface area (TPSA) is 88.4 Å². The number of ketones is 1. The molecule has 1 aliphatic rings. The van der Waals surface area contributed by atoms with Gasteiger partial charge < -0.3 is 15.0 Å². The van der Waals surface area contributed by atoms with Gasteiger partial charge in [-0.2, -0.15) is 13.2 Å². The Morgan fingerprint density at radius 2 is 1.80 bits per heavy atom. The number of hydrogen-bond donors (Lipinski definition) is 2. The Morgan fingerprint density at radius 3 is 2.44 bits per heavy atom. The number of unbranched alkanes of at least 4 members (excludes halogenated alkanes) is 1. The largest absolute Gasteiger partial charge is 0.481 e. The maximum Gasteiger partial charge on any atom is 0.416 e. The number of carboxylic acid groups (broad SMARTS) is 1. The lowest BCUT2D eigenvalue weighted by atomic mass is 9.88. The molecule has 1 atom stereocenters. The number of aliphatic carboxylic acids is 1. The highest BCUT2D eigenvalue weighted by molar-refractivity contribution is 6.31. The number of halogens is 4. The van der Waals surface area contributed by atoms with Crippen molar-refractivity contribution in [1.29, 1.82) is 0 Å². The molecule has 1 heterocycles. The van der Waals surface area contributed by atoms with Crippen LogP contribution in [0, 0.1) is 11.8 Å². The molecule has 0 radical (unpaired) electrons. The third-order valence-corrected chi connectivity index (χ3v) is 8.06. The van der Waals surface area contributed by atoms with Gasteiger partial charge in [-0.05, 0) is 73.6 Å². The Labute approximate surface area is 265 Å². The van der Waals surface area contributed by atoms with Gasteiger partial charge in [-0.3, -0.25) is 14.4 Å². The van der Waals surface area contributed by atoms with Crippen LogP contribution in [0.15, 0.2) is 85.0 Å². The second-order valence-corrected chi connectivity index (χ2v) is 11.7. The second-order valence-electron chi connectivity index (χ2n) is 11.3. The van der Waals surface area contributed by atoms with Crippen molar-refractivity contribution in [3.8, 4) is 0 Å². The minimum atomic E-state index is -4.43. The van der Waals surface area contributed by atoms with E-state index in [0.717, 1.165) is 47.9 Å². The van der Waals surface area contributed by atoms with Crippen LogP contribution in [0.3, 0.4) is 0 Å². The molecule has 45 heavy (non-hydrogen) atoms. The van der Waals surface area contributed by atoms with Gasteiger partial charge in [0.25, 0.3) is 5.91 Å². The van der Waals surface area contributed by atoms with Crippen LogP contribution in [-0.4, -0.2) is 40.1 Å². The Bertz CT molecular complexity index is 1600. The van der Waals surface area contributed by atoms with Crippen molar-refractivity contribution in [1.82, 2.24) is 9.88 Å². The number of alkyl halides is 3. The van der Waals surface area contributed by atoms with Crippen LogP contribution in [0.4, 0.5) is 13.2 Å². The summed E-state index contributed by atoms with van der Waals surface area (Å²) in [6.07, 6.45) is 5.02. The molecule has 1 amide bonds. The van der Waals surface area contributed by atoms with Crippen molar-refractivity contribution >= 4 is 40.2 Å². The lowest BCUT2D eigenvalue weighted by Crippen LogP contribution is -2.26. The quantitative estimate of drug-likeness (QED) is 0.0713. The lowest BCUT2D eigenvalue weighted by molar-refractivity contribution is -0.136. The molecule has 2 aromatic carbocycles. The van der Waals surface area contributed by atoms with Crippen molar-refractivity contribution in [2.75, 3.05) is 6.54 Å². The number of aromatic nitrogens is 1. The number of benzene rings is 2. The fraction of sp³-hybridized carbons (Fsp3) is 0.343. The van der Waals surface area contributed by atoms with E-state index in [1.54, 1.807) is 18.2 Å². The first-order valence-corrected chi connectivity index (χ1v) is 15.3. The highest BCUT2D eigenvalue weighted by Gasteiger charge is 2.32. The molecule has 1 aromatic heterocycles. The maximum atomic E-state index is 14.2. The predicted octanol–water partition coefficient (Wildman–Crippen LogP) is 8.35. The average Bonchev–Trinajstić information content (AvgIpc) is 3.74. The molecule has 10 heteroatoms. The van der Waals surface area contributed by atoms with Gasteiger partial charge >= 0.3 is 12.1 Å². The van der Waals surface area contributed by atoms with Crippen LogP contribution >= 0.6 is 11.6 Å². The molecule has 0 saturated heterocycles. The maximum absolute atomic E-state index is 14.2. The van der Waals surface area contributed by atoms with Crippen molar-refractivity contribution in [3.63, 3.8) is 0 Å². The molecule has 1 fully saturated rings. The van der Waals surface area contributed by atoms with E-state index in [1.807, 2.05) is 47.1 Å². The number of Topliss-reactive ketones (excluding diaryl/α,β-unsaturated/α-hetero) is 1. The number of nitrogens with zero attached hydrogens (tertiary/aromatic N) is 1. The summed E-state index contributed by atoms with van der Waals surface area (Å²) in [5.41, 5.74) is 1.94. The highest BCUT2D eigenvalue weighted by atomic mass is 35.5. The highest BCUT2D eigenvalue weighted by Crippen LogP contribution is 2.38. The lowest BCUT2D eigenvalue weighted by Gasteiger charge is -2.18. The number of amides is 1. The van der Waals surface area contributed by atoms with Crippen molar-refractivity contribution < 1.29 is 32.7 Å². The first kappa shape index (κ1) is 33.8. The van der Waals surface area contributed by atoms with Crippen molar-refractivity contribution in [2.24, 2.45) is 11.8 Å². The van der Waals surface area contributed by atoms with Crippen LogP contribution < -0.4 is 5.32 Å². The van der Waals surface area contributed by atoms with Crippen LogP contribution in [0.5, 0.6) is 0 Å². The third kappa shape index (κ3) is 9.69. The number of carbonyl (C=O) groups is 3. The Hall–Kier alpha value is -4.11. The van der Waals surface area contributed by atoms with Crippen molar-refractivity contribution in [3.05, 3.63) is 107 Å². The summed E-state index contributed by atoms with van der Waals surface area (Å²) in [6, 6.07) is 14.3. The molecule has 0 spiro atoms. The summed E-state index contributed by atoms with van der Waals surface area (Å²) < 4.78 is 40.8. The monoisotopic (exact) mass is 640 g/mol. The van der Waals surface area contributed by atoms with Gasteiger partial charge in [-0.15, -0.1) is 0 Å². The molecule has 6 nitrogen and oxygen atoms in total. The van der Waals surface area contributed by atoms with Gasteiger partial charge in [-0.25, -0.2) is 0 Å². The third-order valence-electron chi connectivity index (χ3n) is 7.82. The van der Waals surface area contributed by atoms with Gasteiger partial charge in [-0.1, -0.05) is 67.5 Å². The summed E-state index contributed by atoms with van der Waals surface area (Å²) in [5.74, 6) is -1.16. The van der Waals surface area contributed by atoms with Gasteiger partial charge in [0.05, 0.1) is 17.7 Å². The van der Waals surface area contributed by atoms with Crippen LogP contribution in [0.2, 0.25) is 5.02 Å². The minimum absolute atomic E-state index is 0.00171. The fourth-order valence-corrected chi connectivity index (χ4v) is 5.48.